The largest absolute Gasteiger partial charge is 0.497 e. The summed E-state index contributed by atoms with van der Waals surface area (Å²) in [6.45, 7) is 5.03. The van der Waals surface area contributed by atoms with E-state index in [1.807, 2.05) is 24.3 Å². The number of ether oxygens (including phenoxy) is 2. The van der Waals surface area contributed by atoms with Crippen LogP contribution >= 0.6 is 0 Å². The minimum Gasteiger partial charge on any atom is -0.497 e. The van der Waals surface area contributed by atoms with E-state index in [9.17, 15) is 5.11 Å². The van der Waals surface area contributed by atoms with Gasteiger partial charge in [0.15, 0.2) is 0 Å². The van der Waals surface area contributed by atoms with Crippen LogP contribution < -0.4 is 9.64 Å². The van der Waals surface area contributed by atoms with E-state index in [0.29, 0.717) is 13.2 Å². The Morgan fingerprint density at radius 2 is 1.87 bits per heavy atom. The van der Waals surface area contributed by atoms with Gasteiger partial charge in [-0.1, -0.05) is 18.6 Å². The van der Waals surface area contributed by atoms with E-state index in [-0.39, 0.29) is 6.10 Å². The lowest BCUT2D eigenvalue weighted by Gasteiger charge is -2.31. The molecule has 2 atom stereocenters. The van der Waals surface area contributed by atoms with Gasteiger partial charge in [-0.25, -0.2) is 0 Å². The van der Waals surface area contributed by atoms with Gasteiger partial charge in [0, 0.05) is 0 Å². The highest BCUT2D eigenvalue weighted by Gasteiger charge is 2.25. The molecule has 0 spiro atoms. The second-order valence-corrected chi connectivity index (χ2v) is 6.57. The van der Waals surface area contributed by atoms with Crippen LogP contribution in [0.5, 0.6) is 5.75 Å². The molecule has 2 rings (SSSR count). The molecule has 0 amide bonds. The zero-order chi connectivity index (χ0) is 16.5. The number of quaternary nitrogens is 1. The first-order chi connectivity index (χ1) is 11.2. The maximum atomic E-state index is 10.3. The Morgan fingerprint density at radius 1 is 1.17 bits per heavy atom. The molecule has 0 heterocycles. The van der Waals surface area contributed by atoms with Gasteiger partial charge < -0.3 is 19.5 Å². The molecule has 4 heteroatoms. The molecule has 1 aromatic rings. The number of likely N-dealkylation sites (N-methyl/N-ethyl adjacent to an activating group) is 1. The van der Waals surface area contributed by atoms with Crippen molar-refractivity contribution in [2.75, 3.05) is 26.8 Å². The monoisotopic (exact) mass is 322 g/mol. The van der Waals surface area contributed by atoms with Gasteiger partial charge in [-0.05, 0) is 50.3 Å². The minimum absolute atomic E-state index is 0.384. The number of hydrogen-bond acceptors (Lipinski definition) is 3. The van der Waals surface area contributed by atoms with Crippen molar-refractivity contribution in [2.24, 2.45) is 0 Å². The summed E-state index contributed by atoms with van der Waals surface area (Å²) in [7, 11) is 1.66. The summed E-state index contributed by atoms with van der Waals surface area (Å²) in [5.41, 5.74) is 1.10. The van der Waals surface area contributed by atoms with E-state index in [2.05, 4.69) is 6.92 Å². The first kappa shape index (κ1) is 18.2. The van der Waals surface area contributed by atoms with Crippen LogP contribution in [0.1, 0.15) is 44.6 Å². The molecular weight excluding hydrogens is 290 g/mol. The van der Waals surface area contributed by atoms with Crippen LogP contribution in [0.4, 0.5) is 0 Å². The van der Waals surface area contributed by atoms with Crippen molar-refractivity contribution in [2.45, 2.75) is 57.8 Å². The van der Waals surface area contributed by atoms with Crippen LogP contribution in [0.2, 0.25) is 0 Å². The van der Waals surface area contributed by atoms with Crippen molar-refractivity contribution in [1.82, 2.24) is 0 Å². The van der Waals surface area contributed by atoms with Crippen LogP contribution in [0.3, 0.4) is 0 Å². The molecular formula is C19H32NO3+. The van der Waals surface area contributed by atoms with Crippen LogP contribution in [-0.4, -0.2) is 44.1 Å². The highest BCUT2D eigenvalue weighted by atomic mass is 16.5. The molecule has 0 aliphatic heterocycles. The number of nitrogens with one attached hydrogen (secondary N) is 1. The van der Waals surface area contributed by atoms with E-state index >= 15 is 0 Å². The molecule has 0 bridgehead atoms. The van der Waals surface area contributed by atoms with Crippen LogP contribution in [0, 0.1) is 0 Å². The minimum atomic E-state index is -0.384. The van der Waals surface area contributed by atoms with Crippen molar-refractivity contribution in [3.63, 3.8) is 0 Å². The summed E-state index contributed by atoms with van der Waals surface area (Å²) in [4.78, 5) is 1.53. The first-order valence-corrected chi connectivity index (χ1v) is 8.96. The van der Waals surface area contributed by atoms with Crippen molar-refractivity contribution < 1.29 is 19.5 Å². The van der Waals surface area contributed by atoms with E-state index in [0.717, 1.165) is 30.4 Å². The molecule has 4 nitrogen and oxygen atoms in total. The molecule has 1 aromatic carbocycles. The Labute approximate surface area is 140 Å². The molecule has 2 N–H and O–H groups in total. The third kappa shape index (κ3) is 6.13. The average Bonchev–Trinajstić information content (AvgIpc) is 2.61. The number of benzene rings is 1. The summed E-state index contributed by atoms with van der Waals surface area (Å²) in [5.74, 6) is 0.850. The van der Waals surface area contributed by atoms with Crippen LogP contribution in [0.25, 0.3) is 0 Å². The predicted molar refractivity (Wildman–Crippen MR) is 91.9 cm³/mol. The fraction of sp³-hybridized carbons (Fsp3) is 0.684. The quantitative estimate of drug-likeness (QED) is 0.729. The van der Waals surface area contributed by atoms with Gasteiger partial charge in [0.2, 0.25) is 0 Å². The zero-order valence-electron chi connectivity index (χ0n) is 14.6. The van der Waals surface area contributed by atoms with Crippen molar-refractivity contribution in [1.29, 1.82) is 0 Å². The first-order valence-electron chi connectivity index (χ1n) is 8.96. The fourth-order valence-corrected chi connectivity index (χ4v) is 3.51. The van der Waals surface area contributed by atoms with Gasteiger partial charge in [0.05, 0.1) is 32.9 Å². The van der Waals surface area contributed by atoms with E-state index in [1.165, 1.54) is 37.0 Å². The average molecular weight is 322 g/mol. The fourth-order valence-electron chi connectivity index (χ4n) is 3.51. The third-order valence-corrected chi connectivity index (χ3v) is 4.87. The Hall–Kier alpha value is -1.10. The molecule has 1 unspecified atom stereocenters. The van der Waals surface area contributed by atoms with Crippen LogP contribution in [-0.2, 0) is 11.3 Å². The molecule has 0 saturated heterocycles. The predicted octanol–water partition coefficient (Wildman–Crippen LogP) is 1.81. The van der Waals surface area contributed by atoms with Crippen LogP contribution in [0.15, 0.2) is 24.3 Å². The summed E-state index contributed by atoms with van der Waals surface area (Å²) in [6, 6.07) is 8.58. The van der Waals surface area contributed by atoms with E-state index in [4.69, 9.17) is 9.47 Å². The van der Waals surface area contributed by atoms with E-state index in [1.54, 1.807) is 7.11 Å². The summed E-state index contributed by atoms with van der Waals surface area (Å²) in [5, 5.41) is 10.3. The lowest BCUT2D eigenvalue weighted by atomic mass is 9.94. The lowest BCUT2D eigenvalue weighted by molar-refractivity contribution is -0.928. The second-order valence-electron chi connectivity index (χ2n) is 6.57. The maximum absolute atomic E-state index is 10.3. The summed E-state index contributed by atoms with van der Waals surface area (Å²) in [6.07, 6.45) is 6.30. The number of aliphatic hydroxyl groups excluding tert-OH is 1. The van der Waals surface area contributed by atoms with Gasteiger partial charge in [-0.2, -0.15) is 0 Å². The Kier molecular flexibility index (Phi) is 7.86. The molecule has 1 aliphatic rings. The summed E-state index contributed by atoms with van der Waals surface area (Å²) < 4.78 is 10.8. The van der Waals surface area contributed by atoms with Crippen molar-refractivity contribution in [3.05, 3.63) is 29.8 Å². The standard InChI is InChI=1S/C19H31NO3/c1-3-20(17-7-5-4-6-8-17)13-18(21)15-23-14-16-9-11-19(22-2)12-10-16/h9-12,17-18,21H,3-8,13-15H2,1-2H3/p+1/t18-/m0/s1. The lowest BCUT2D eigenvalue weighted by Crippen LogP contribution is -3.16. The summed E-state index contributed by atoms with van der Waals surface area (Å²) >= 11 is 0. The molecule has 0 radical (unpaired) electrons. The molecule has 130 valence electrons. The highest BCUT2D eigenvalue weighted by molar-refractivity contribution is 5.26. The molecule has 1 saturated carbocycles. The zero-order valence-corrected chi connectivity index (χ0v) is 14.6. The van der Waals surface area contributed by atoms with E-state index < -0.39 is 0 Å². The number of hydrogen-bond donors (Lipinski definition) is 2. The van der Waals surface area contributed by atoms with Gasteiger partial charge in [0.1, 0.15) is 18.4 Å². The molecule has 23 heavy (non-hydrogen) atoms. The number of methoxy groups -OCH3 is 1. The Morgan fingerprint density at radius 3 is 2.48 bits per heavy atom. The third-order valence-electron chi connectivity index (χ3n) is 4.87. The van der Waals surface area contributed by atoms with Gasteiger partial charge in [-0.15, -0.1) is 0 Å². The molecule has 1 aliphatic carbocycles. The highest BCUT2D eigenvalue weighted by Crippen LogP contribution is 2.15. The topological polar surface area (TPSA) is 43.1 Å². The van der Waals surface area contributed by atoms with Crippen molar-refractivity contribution >= 4 is 0 Å². The Bertz CT molecular complexity index is 429. The molecule has 0 aromatic heterocycles. The normalized spacial score (nSPS) is 18.6. The van der Waals surface area contributed by atoms with Crippen molar-refractivity contribution in [3.8, 4) is 5.75 Å². The smallest absolute Gasteiger partial charge is 0.126 e. The molecule has 1 fully saturated rings. The Balaban J connectivity index is 1.69. The second kappa shape index (κ2) is 9.91. The maximum Gasteiger partial charge on any atom is 0.126 e. The van der Waals surface area contributed by atoms with Gasteiger partial charge in [0.25, 0.3) is 0 Å². The number of aliphatic hydroxyl groups is 1. The van der Waals surface area contributed by atoms with Gasteiger partial charge in [-0.3, -0.25) is 0 Å². The van der Waals surface area contributed by atoms with Gasteiger partial charge >= 0.3 is 0 Å². The number of rotatable bonds is 9. The SMILES string of the molecule is CC[NH+](C[C@H](O)COCc1ccc(OC)cc1)C1CCCCC1.